The van der Waals surface area contributed by atoms with E-state index in [0.29, 0.717) is 0 Å². The predicted molar refractivity (Wildman–Crippen MR) is 80.3 cm³/mol. The quantitative estimate of drug-likeness (QED) is 0.811. The average molecular weight is 261 g/mol. The van der Waals surface area contributed by atoms with Crippen LogP contribution in [-0.2, 0) is 6.42 Å². The van der Waals surface area contributed by atoms with Gasteiger partial charge in [0, 0.05) is 6.04 Å². The first-order valence-electron chi connectivity index (χ1n) is 7.77. The zero-order valence-electron chi connectivity index (χ0n) is 12.3. The SMILES string of the molecule is CCCCN(CCCC)C1Cc2ccccc2C1O. The van der Waals surface area contributed by atoms with E-state index in [1.54, 1.807) is 0 Å². The van der Waals surface area contributed by atoms with Crippen molar-refractivity contribution in [3.05, 3.63) is 35.4 Å². The van der Waals surface area contributed by atoms with Gasteiger partial charge >= 0.3 is 0 Å². The number of hydrogen-bond acceptors (Lipinski definition) is 2. The summed E-state index contributed by atoms with van der Waals surface area (Å²) in [7, 11) is 0. The first-order valence-corrected chi connectivity index (χ1v) is 7.77. The molecule has 1 aliphatic carbocycles. The molecule has 2 nitrogen and oxygen atoms in total. The monoisotopic (exact) mass is 261 g/mol. The zero-order chi connectivity index (χ0) is 13.7. The van der Waals surface area contributed by atoms with Gasteiger partial charge in [-0.2, -0.15) is 0 Å². The molecule has 1 aromatic carbocycles. The molecule has 1 aliphatic rings. The summed E-state index contributed by atoms with van der Waals surface area (Å²) in [5.41, 5.74) is 2.48. The number of unbranched alkanes of at least 4 members (excludes halogenated alkanes) is 2. The first kappa shape index (κ1) is 14.5. The molecule has 0 aliphatic heterocycles. The number of aliphatic hydroxyl groups excluding tert-OH is 1. The van der Waals surface area contributed by atoms with Crippen molar-refractivity contribution in [2.75, 3.05) is 13.1 Å². The molecule has 1 aromatic rings. The maximum absolute atomic E-state index is 10.6. The third kappa shape index (κ3) is 3.37. The van der Waals surface area contributed by atoms with Crippen LogP contribution in [0, 0.1) is 0 Å². The fourth-order valence-electron chi connectivity index (χ4n) is 3.05. The van der Waals surface area contributed by atoms with E-state index in [0.717, 1.165) is 25.1 Å². The Morgan fingerprint density at radius 3 is 2.32 bits per heavy atom. The standard InChI is InChI=1S/C17H27NO/c1-3-5-11-18(12-6-4-2)16-13-14-9-7-8-10-15(14)17(16)19/h7-10,16-17,19H,3-6,11-13H2,1-2H3. The molecule has 2 atom stereocenters. The van der Waals surface area contributed by atoms with E-state index in [2.05, 4.69) is 36.9 Å². The molecule has 0 aromatic heterocycles. The molecule has 2 rings (SSSR count). The van der Waals surface area contributed by atoms with Crippen molar-refractivity contribution in [2.45, 2.75) is 58.1 Å². The van der Waals surface area contributed by atoms with Crippen LogP contribution in [0.3, 0.4) is 0 Å². The van der Waals surface area contributed by atoms with Crippen LogP contribution in [0.2, 0.25) is 0 Å². The summed E-state index contributed by atoms with van der Waals surface area (Å²) >= 11 is 0. The van der Waals surface area contributed by atoms with Crippen LogP contribution in [0.15, 0.2) is 24.3 Å². The highest BCUT2D eigenvalue weighted by atomic mass is 16.3. The molecular formula is C17H27NO. The van der Waals surface area contributed by atoms with Crippen LogP contribution >= 0.6 is 0 Å². The van der Waals surface area contributed by atoms with Gasteiger partial charge in [-0.15, -0.1) is 0 Å². The summed E-state index contributed by atoms with van der Waals surface area (Å²) in [6, 6.07) is 8.65. The molecule has 0 heterocycles. The number of fused-ring (bicyclic) bond motifs is 1. The van der Waals surface area contributed by atoms with Crippen molar-refractivity contribution in [2.24, 2.45) is 0 Å². The highest BCUT2D eigenvalue weighted by Gasteiger charge is 2.34. The molecule has 0 saturated heterocycles. The summed E-state index contributed by atoms with van der Waals surface area (Å²) in [6.07, 6.45) is 5.60. The van der Waals surface area contributed by atoms with Gasteiger partial charge in [0.1, 0.15) is 0 Å². The number of benzene rings is 1. The maximum atomic E-state index is 10.6. The summed E-state index contributed by atoms with van der Waals surface area (Å²) in [6.45, 7) is 6.70. The second-order valence-corrected chi connectivity index (χ2v) is 5.66. The highest BCUT2D eigenvalue weighted by molar-refractivity contribution is 5.35. The second kappa shape index (κ2) is 7.06. The molecule has 0 amide bonds. The van der Waals surface area contributed by atoms with Gasteiger partial charge in [0.15, 0.2) is 0 Å². The Hall–Kier alpha value is -0.860. The number of rotatable bonds is 7. The van der Waals surface area contributed by atoms with Gasteiger partial charge in [0.25, 0.3) is 0 Å². The van der Waals surface area contributed by atoms with Gasteiger partial charge < -0.3 is 5.11 Å². The summed E-state index contributed by atoms with van der Waals surface area (Å²) in [4.78, 5) is 2.51. The smallest absolute Gasteiger partial charge is 0.0951 e. The fourth-order valence-corrected chi connectivity index (χ4v) is 3.05. The minimum Gasteiger partial charge on any atom is -0.387 e. The summed E-state index contributed by atoms with van der Waals surface area (Å²) < 4.78 is 0. The van der Waals surface area contributed by atoms with E-state index in [1.807, 2.05) is 6.07 Å². The lowest BCUT2D eigenvalue weighted by Gasteiger charge is -2.31. The van der Waals surface area contributed by atoms with Crippen molar-refractivity contribution in [1.29, 1.82) is 0 Å². The molecule has 0 fully saturated rings. The van der Waals surface area contributed by atoms with Gasteiger partial charge in [-0.3, -0.25) is 4.90 Å². The third-order valence-corrected chi connectivity index (χ3v) is 4.23. The van der Waals surface area contributed by atoms with Gasteiger partial charge in [0.05, 0.1) is 6.10 Å². The van der Waals surface area contributed by atoms with Crippen LogP contribution in [0.4, 0.5) is 0 Å². The highest BCUT2D eigenvalue weighted by Crippen LogP contribution is 2.34. The average Bonchev–Trinajstić information content (AvgIpc) is 2.77. The predicted octanol–water partition coefficient (Wildman–Crippen LogP) is 3.55. The molecule has 0 bridgehead atoms. The van der Waals surface area contributed by atoms with Crippen LogP contribution in [-0.4, -0.2) is 29.1 Å². The van der Waals surface area contributed by atoms with Gasteiger partial charge in [-0.05, 0) is 43.5 Å². The van der Waals surface area contributed by atoms with Gasteiger partial charge in [-0.1, -0.05) is 51.0 Å². The maximum Gasteiger partial charge on any atom is 0.0951 e. The second-order valence-electron chi connectivity index (χ2n) is 5.66. The van der Waals surface area contributed by atoms with Gasteiger partial charge in [0.2, 0.25) is 0 Å². The lowest BCUT2D eigenvalue weighted by atomic mass is 10.1. The van der Waals surface area contributed by atoms with E-state index >= 15 is 0 Å². The first-order chi connectivity index (χ1) is 9.27. The van der Waals surface area contributed by atoms with Crippen LogP contribution in [0.1, 0.15) is 56.8 Å². The Bertz CT molecular complexity index is 383. The van der Waals surface area contributed by atoms with Crippen LogP contribution in [0.5, 0.6) is 0 Å². The summed E-state index contributed by atoms with van der Waals surface area (Å²) in [5, 5.41) is 10.6. The topological polar surface area (TPSA) is 23.5 Å². The third-order valence-electron chi connectivity index (χ3n) is 4.23. The van der Waals surface area contributed by atoms with Crippen LogP contribution in [0.25, 0.3) is 0 Å². The lowest BCUT2D eigenvalue weighted by Crippen LogP contribution is -2.39. The zero-order valence-corrected chi connectivity index (χ0v) is 12.3. The normalized spacial score (nSPS) is 21.9. The van der Waals surface area contributed by atoms with E-state index in [1.165, 1.54) is 31.2 Å². The Kier molecular flexibility index (Phi) is 5.41. The molecule has 106 valence electrons. The van der Waals surface area contributed by atoms with E-state index in [4.69, 9.17) is 0 Å². The van der Waals surface area contributed by atoms with Gasteiger partial charge in [-0.25, -0.2) is 0 Å². The molecule has 2 heteroatoms. The van der Waals surface area contributed by atoms with Crippen molar-refractivity contribution in [3.63, 3.8) is 0 Å². The Labute approximate surface area is 117 Å². The molecule has 19 heavy (non-hydrogen) atoms. The van der Waals surface area contributed by atoms with Crippen molar-refractivity contribution >= 4 is 0 Å². The minimum absolute atomic E-state index is 0.287. The summed E-state index contributed by atoms with van der Waals surface area (Å²) in [5.74, 6) is 0. The molecule has 2 unspecified atom stereocenters. The number of hydrogen-bond donors (Lipinski definition) is 1. The van der Waals surface area contributed by atoms with Crippen molar-refractivity contribution < 1.29 is 5.11 Å². The van der Waals surface area contributed by atoms with E-state index in [-0.39, 0.29) is 12.1 Å². The van der Waals surface area contributed by atoms with Crippen molar-refractivity contribution in [3.8, 4) is 0 Å². The number of nitrogens with zero attached hydrogens (tertiary/aromatic N) is 1. The molecule has 0 saturated carbocycles. The fraction of sp³-hybridized carbons (Fsp3) is 0.647. The Balaban J connectivity index is 2.06. The van der Waals surface area contributed by atoms with Crippen molar-refractivity contribution in [1.82, 2.24) is 4.90 Å². The Morgan fingerprint density at radius 1 is 1.11 bits per heavy atom. The molecule has 0 spiro atoms. The van der Waals surface area contributed by atoms with E-state index in [9.17, 15) is 5.11 Å². The largest absolute Gasteiger partial charge is 0.387 e. The van der Waals surface area contributed by atoms with E-state index < -0.39 is 0 Å². The molecule has 0 radical (unpaired) electrons. The molecular weight excluding hydrogens is 234 g/mol. The lowest BCUT2D eigenvalue weighted by molar-refractivity contribution is 0.0587. The van der Waals surface area contributed by atoms with Crippen LogP contribution < -0.4 is 0 Å². The Morgan fingerprint density at radius 2 is 1.74 bits per heavy atom. The minimum atomic E-state index is -0.301. The number of aliphatic hydroxyl groups is 1. The molecule has 1 N–H and O–H groups in total.